The van der Waals surface area contributed by atoms with E-state index in [1.165, 1.54) is 0 Å². The number of hydrogen-bond donors (Lipinski definition) is 2. The maximum Gasteiger partial charge on any atom is 0.155 e. The molecule has 2 N–H and O–H groups in total. The van der Waals surface area contributed by atoms with Gasteiger partial charge in [0.15, 0.2) is 6.29 Å². The summed E-state index contributed by atoms with van der Waals surface area (Å²) in [5, 5.41) is 10.1. The molecule has 0 unspecified atom stereocenters. The number of benzene rings is 1. The highest BCUT2D eigenvalue weighted by Crippen LogP contribution is 2.25. The van der Waals surface area contributed by atoms with Gasteiger partial charge in [0.25, 0.3) is 0 Å². The van der Waals surface area contributed by atoms with Gasteiger partial charge >= 0.3 is 0 Å². The minimum absolute atomic E-state index is 0.178. The number of rotatable bonds is 4. The number of aliphatic hydroxyl groups excluding tert-OH is 1. The van der Waals surface area contributed by atoms with Crippen LogP contribution in [0.25, 0.3) is 0 Å². The molecule has 2 heterocycles. The predicted molar refractivity (Wildman–Crippen MR) is 74.2 cm³/mol. The smallest absolute Gasteiger partial charge is 0.155 e. The fourth-order valence-electron chi connectivity index (χ4n) is 2.62. The lowest BCUT2D eigenvalue weighted by molar-refractivity contribution is -0.294. The molecule has 0 aromatic heterocycles. The van der Waals surface area contributed by atoms with Gasteiger partial charge in [0.1, 0.15) is 12.2 Å². The molecule has 2 saturated heterocycles. The molecule has 0 spiro atoms. The van der Waals surface area contributed by atoms with E-state index >= 15 is 0 Å². The molecule has 0 saturated carbocycles. The zero-order valence-corrected chi connectivity index (χ0v) is 12.0. The van der Waals surface area contributed by atoms with Crippen molar-refractivity contribution in [2.75, 3.05) is 13.2 Å². The van der Waals surface area contributed by atoms with E-state index in [2.05, 4.69) is 5.48 Å². The summed E-state index contributed by atoms with van der Waals surface area (Å²) in [7, 11) is 0. The topological polar surface area (TPSA) is 69.2 Å². The van der Waals surface area contributed by atoms with Crippen molar-refractivity contribution in [2.45, 2.75) is 44.2 Å². The standard InChI is InChI=1S/C15H21NO5/c1-10-18-9-13-15(21-10)14(12(17)8-19-13)16-20-7-11-5-3-2-4-6-11/h2-6,10,12-17H,7-9H2,1H3/t10-,12-,13-,14-,15-/m1/s1. The molecular formula is C15H21NO5. The molecule has 2 aliphatic rings. The molecule has 2 aliphatic heterocycles. The number of hydroxylamine groups is 1. The third kappa shape index (κ3) is 3.60. The van der Waals surface area contributed by atoms with Crippen molar-refractivity contribution in [2.24, 2.45) is 0 Å². The quantitative estimate of drug-likeness (QED) is 0.793. The summed E-state index contributed by atoms with van der Waals surface area (Å²) in [4.78, 5) is 5.53. The van der Waals surface area contributed by atoms with Crippen molar-refractivity contribution in [1.29, 1.82) is 0 Å². The highest BCUT2D eigenvalue weighted by atomic mass is 16.7. The Balaban J connectivity index is 1.56. The first-order valence-corrected chi connectivity index (χ1v) is 7.22. The number of hydrogen-bond acceptors (Lipinski definition) is 6. The largest absolute Gasteiger partial charge is 0.389 e. The van der Waals surface area contributed by atoms with Gasteiger partial charge in [0.05, 0.1) is 32.0 Å². The Hall–Kier alpha value is -1.02. The van der Waals surface area contributed by atoms with Gasteiger partial charge in [-0.3, -0.25) is 4.84 Å². The lowest BCUT2D eigenvalue weighted by Crippen LogP contribution is -2.63. The highest BCUT2D eigenvalue weighted by Gasteiger charge is 2.44. The van der Waals surface area contributed by atoms with Crippen LogP contribution >= 0.6 is 0 Å². The van der Waals surface area contributed by atoms with Gasteiger partial charge in [-0.15, -0.1) is 0 Å². The van der Waals surface area contributed by atoms with Crippen molar-refractivity contribution in [3.05, 3.63) is 35.9 Å². The summed E-state index contributed by atoms with van der Waals surface area (Å²) in [5.74, 6) is 0. The summed E-state index contributed by atoms with van der Waals surface area (Å²) >= 11 is 0. The summed E-state index contributed by atoms with van der Waals surface area (Å²) in [6.07, 6.45) is -1.44. The molecule has 0 bridgehead atoms. The number of aliphatic hydroxyl groups is 1. The summed E-state index contributed by atoms with van der Waals surface area (Å²) in [6.45, 7) is 2.97. The van der Waals surface area contributed by atoms with Crippen LogP contribution in [0, 0.1) is 0 Å². The molecule has 6 nitrogen and oxygen atoms in total. The molecule has 116 valence electrons. The zero-order chi connectivity index (χ0) is 14.7. The second kappa shape index (κ2) is 6.83. The van der Waals surface area contributed by atoms with Gasteiger partial charge in [-0.05, 0) is 12.5 Å². The van der Waals surface area contributed by atoms with Gasteiger partial charge in [-0.2, -0.15) is 5.48 Å². The van der Waals surface area contributed by atoms with E-state index in [0.29, 0.717) is 13.2 Å². The molecular weight excluding hydrogens is 274 g/mol. The molecule has 5 atom stereocenters. The van der Waals surface area contributed by atoms with Crippen LogP contribution in [0.2, 0.25) is 0 Å². The van der Waals surface area contributed by atoms with Crippen LogP contribution in [0.15, 0.2) is 30.3 Å². The molecule has 1 aromatic rings. The first kappa shape index (κ1) is 14.9. The van der Waals surface area contributed by atoms with Crippen LogP contribution in [0.4, 0.5) is 0 Å². The van der Waals surface area contributed by atoms with Gasteiger partial charge in [-0.1, -0.05) is 30.3 Å². The highest BCUT2D eigenvalue weighted by molar-refractivity contribution is 5.13. The van der Waals surface area contributed by atoms with Crippen molar-refractivity contribution in [3.63, 3.8) is 0 Å². The maximum absolute atomic E-state index is 10.1. The molecule has 0 amide bonds. The SMILES string of the molecule is C[C@@H]1OC[C@H]2OC[C@@H](O)[C@@H](NOCc3ccccc3)[C@@H]2O1. The molecule has 21 heavy (non-hydrogen) atoms. The minimum Gasteiger partial charge on any atom is -0.389 e. The van der Waals surface area contributed by atoms with Crippen molar-refractivity contribution in [3.8, 4) is 0 Å². The van der Waals surface area contributed by atoms with E-state index in [1.54, 1.807) is 0 Å². The van der Waals surface area contributed by atoms with E-state index in [0.717, 1.165) is 5.56 Å². The maximum atomic E-state index is 10.1. The number of nitrogens with one attached hydrogen (secondary N) is 1. The van der Waals surface area contributed by atoms with E-state index in [4.69, 9.17) is 19.0 Å². The van der Waals surface area contributed by atoms with Gasteiger partial charge < -0.3 is 19.3 Å². The van der Waals surface area contributed by atoms with Crippen LogP contribution in [-0.4, -0.2) is 49.0 Å². The average Bonchev–Trinajstić information content (AvgIpc) is 2.50. The van der Waals surface area contributed by atoms with Crippen LogP contribution in [0.1, 0.15) is 12.5 Å². The second-order valence-electron chi connectivity index (χ2n) is 5.36. The van der Waals surface area contributed by atoms with Crippen molar-refractivity contribution >= 4 is 0 Å². The van der Waals surface area contributed by atoms with Crippen LogP contribution < -0.4 is 5.48 Å². The predicted octanol–water partition coefficient (Wildman–Crippen LogP) is 0.597. The lowest BCUT2D eigenvalue weighted by Gasteiger charge is -2.44. The van der Waals surface area contributed by atoms with E-state index in [1.807, 2.05) is 37.3 Å². The van der Waals surface area contributed by atoms with Crippen LogP contribution in [0.3, 0.4) is 0 Å². The first-order valence-electron chi connectivity index (χ1n) is 7.22. The zero-order valence-electron chi connectivity index (χ0n) is 12.0. The molecule has 6 heteroatoms. The van der Waals surface area contributed by atoms with E-state index in [-0.39, 0.29) is 31.1 Å². The third-order valence-electron chi connectivity index (χ3n) is 3.76. The second-order valence-corrected chi connectivity index (χ2v) is 5.36. The average molecular weight is 295 g/mol. The summed E-state index contributed by atoms with van der Waals surface area (Å²) < 4.78 is 16.7. The Bertz CT molecular complexity index is 441. The fraction of sp³-hybridized carbons (Fsp3) is 0.600. The monoisotopic (exact) mass is 295 g/mol. The summed E-state index contributed by atoms with van der Waals surface area (Å²) in [6, 6.07) is 9.51. The van der Waals surface area contributed by atoms with Crippen molar-refractivity contribution in [1.82, 2.24) is 5.48 Å². The van der Waals surface area contributed by atoms with E-state index in [9.17, 15) is 5.11 Å². The Morgan fingerprint density at radius 2 is 2.05 bits per heavy atom. The Labute approximate surface area is 123 Å². The Kier molecular flexibility index (Phi) is 4.84. The molecule has 0 aliphatic carbocycles. The van der Waals surface area contributed by atoms with Gasteiger partial charge in [0.2, 0.25) is 0 Å². The minimum atomic E-state index is -0.674. The molecule has 3 rings (SSSR count). The molecule has 1 aromatic carbocycles. The number of fused-ring (bicyclic) bond motifs is 1. The van der Waals surface area contributed by atoms with Crippen LogP contribution in [-0.2, 0) is 25.7 Å². The van der Waals surface area contributed by atoms with Crippen molar-refractivity contribution < 1.29 is 24.2 Å². The normalized spacial score (nSPS) is 36.2. The molecule has 0 radical (unpaired) electrons. The molecule has 2 fully saturated rings. The lowest BCUT2D eigenvalue weighted by atomic mass is 9.97. The van der Waals surface area contributed by atoms with Gasteiger partial charge in [0, 0.05) is 0 Å². The fourth-order valence-corrected chi connectivity index (χ4v) is 2.62. The van der Waals surface area contributed by atoms with Crippen LogP contribution in [0.5, 0.6) is 0 Å². The number of ether oxygens (including phenoxy) is 3. The third-order valence-corrected chi connectivity index (χ3v) is 3.76. The van der Waals surface area contributed by atoms with E-state index < -0.39 is 6.10 Å². The van der Waals surface area contributed by atoms with Gasteiger partial charge in [-0.25, -0.2) is 0 Å². The Morgan fingerprint density at radius 3 is 2.86 bits per heavy atom. The summed E-state index contributed by atoms with van der Waals surface area (Å²) in [5.41, 5.74) is 3.99. The Morgan fingerprint density at radius 1 is 1.24 bits per heavy atom. The first-order chi connectivity index (χ1) is 10.2.